The highest BCUT2D eigenvalue weighted by molar-refractivity contribution is 7.99. The summed E-state index contributed by atoms with van der Waals surface area (Å²) in [6, 6.07) is 14.7. The maximum Gasteiger partial charge on any atom is 0.191 e. The Labute approximate surface area is 149 Å². The van der Waals surface area contributed by atoms with Crippen molar-refractivity contribution in [2.75, 3.05) is 5.75 Å². The first-order valence-electron chi connectivity index (χ1n) is 7.94. The Kier molecular flexibility index (Phi) is 4.24. The fourth-order valence-corrected chi connectivity index (χ4v) is 3.88. The van der Waals surface area contributed by atoms with Crippen molar-refractivity contribution in [1.82, 2.24) is 9.78 Å². The van der Waals surface area contributed by atoms with Crippen molar-refractivity contribution in [3.8, 4) is 0 Å². The van der Waals surface area contributed by atoms with Crippen molar-refractivity contribution in [2.45, 2.75) is 11.4 Å². The van der Waals surface area contributed by atoms with Crippen molar-refractivity contribution < 1.29 is 9.18 Å². The van der Waals surface area contributed by atoms with Crippen LogP contribution < -0.4 is 0 Å². The van der Waals surface area contributed by atoms with Crippen LogP contribution in [-0.2, 0) is 6.54 Å². The molecule has 0 saturated heterocycles. The lowest BCUT2D eigenvalue weighted by Gasteiger charge is -2.17. The van der Waals surface area contributed by atoms with Gasteiger partial charge >= 0.3 is 0 Å². The SMILES string of the molecule is O=C1/C(=C/c2cnn(Cc3ccccc3)c2)CSc2c(F)cccc21. The number of carbonyl (C=O) groups excluding carboxylic acids is 1. The summed E-state index contributed by atoms with van der Waals surface area (Å²) in [5.74, 6) is 0.0334. The van der Waals surface area contributed by atoms with E-state index in [1.165, 1.54) is 23.4 Å². The fraction of sp³-hybridized carbons (Fsp3) is 0.100. The number of thioether (sulfide) groups is 1. The van der Waals surface area contributed by atoms with E-state index < -0.39 is 0 Å². The van der Waals surface area contributed by atoms with Gasteiger partial charge in [0.1, 0.15) is 5.82 Å². The Hall–Kier alpha value is -2.66. The highest BCUT2D eigenvalue weighted by atomic mass is 32.2. The molecular formula is C20H15FN2OS. The molecule has 5 heteroatoms. The minimum atomic E-state index is -0.328. The lowest BCUT2D eigenvalue weighted by atomic mass is 10.0. The van der Waals surface area contributed by atoms with E-state index in [9.17, 15) is 9.18 Å². The van der Waals surface area contributed by atoms with Gasteiger partial charge in [0.2, 0.25) is 0 Å². The van der Waals surface area contributed by atoms with Gasteiger partial charge in [-0.2, -0.15) is 5.10 Å². The summed E-state index contributed by atoms with van der Waals surface area (Å²) < 4.78 is 15.6. The van der Waals surface area contributed by atoms with Gasteiger partial charge in [-0.15, -0.1) is 11.8 Å². The molecule has 0 atom stereocenters. The highest BCUT2D eigenvalue weighted by Gasteiger charge is 2.24. The van der Waals surface area contributed by atoms with E-state index in [1.54, 1.807) is 18.3 Å². The second-order valence-corrected chi connectivity index (χ2v) is 6.85. The van der Waals surface area contributed by atoms with Gasteiger partial charge in [-0.1, -0.05) is 36.4 Å². The zero-order valence-corrected chi connectivity index (χ0v) is 14.2. The van der Waals surface area contributed by atoms with E-state index in [1.807, 2.05) is 47.3 Å². The number of fused-ring (bicyclic) bond motifs is 1. The predicted octanol–water partition coefficient (Wildman–Crippen LogP) is 4.44. The molecular weight excluding hydrogens is 335 g/mol. The van der Waals surface area contributed by atoms with Crippen molar-refractivity contribution >= 4 is 23.6 Å². The molecule has 0 spiro atoms. The van der Waals surface area contributed by atoms with E-state index in [4.69, 9.17) is 0 Å². The van der Waals surface area contributed by atoms with Crippen LogP contribution in [0.1, 0.15) is 21.5 Å². The van der Waals surface area contributed by atoms with Gasteiger partial charge in [-0.25, -0.2) is 4.39 Å². The van der Waals surface area contributed by atoms with E-state index in [-0.39, 0.29) is 11.6 Å². The van der Waals surface area contributed by atoms with Gasteiger partial charge in [0.25, 0.3) is 0 Å². The number of aromatic nitrogens is 2. The van der Waals surface area contributed by atoms with E-state index in [2.05, 4.69) is 5.10 Å². The van der Waals surface area contributed by atoms with Crippen molar-refractivity contribution in [3.05, 3.63) is 89.0 Å². The van der Waals surface area contributed by atoms with Crippen LogP contribution in [0, 0.1) is 5.82 Å². The van der Waals surface area contributed by atoms with Crippen LogP contribution in [0.5, 0.6) is 0 Å². The van der Waals surface area contributed by atoms with Gasteiger partial charge < -0.3 is 0 Å². The topological polar surface area (TPSA) is 34.9 Å². The zero-order valence-electron chi connectivity index (χ0n) is 13.4. The number of Topliss-reactive ketones (excluding diaryl/α,β-unsaturated/α-hetero) is 1. The molecule has 0 saturated carbocycles. The van der Waals surface area contributed by atoms with Crippen LogP contribution in [0.4, 0.5) is 4.39 Å². The smallest absolute Gasteiger partial charge is 0.191 e. The summed E-state index contributed by atoms with van der Waals surface area (Å²) in [5, 5.41) is 4.35. The lowest BCUT2D eigenvalue weighted by molar-refractivity contribution is 0.103. The number of hydrogen-bond donors (Lipinski definition) is 0. The van der Waals surface area contributed by atoms with Crippen LogP contribution >= 0.6 is 11.8 Å². The molecule has 0 bridgehead atoms. The number of hydrogen-bond acceptors (Lipinski definition) is 3. The molecule has 0 aliphatic carbocycles. The van der Waals surface area contributed by atoms with Gasteiger partial charge in [0.15, 0.2) is 5.78 Å². The molecule has 1 aromatic heterocycles. The van der Waals surface area contributed by atoms with Gasteiger partial charge in [0.05, 0.1) is 17.6 Å². The Bertz CT molecular complexity index is 963. The van der Waals surface area contributed by atoms with Crippen LogP contribution in [0.3, 0.4) is 0 Å². The maximum atomic E-state index is 13.8. The standard InChI is InChI=1S/C20H15FN2OS/c21-18-8-4-7-17-19(24)16(13-25-20(17)18)9-15-10-22-23(12-15)11-14-5-2-1-3-6-14/h1-10,12H,11,13H2/b16-9+. The molecule has 1 aliphatic rings. The van der Waals surface area contributed by atoms with Crippen molar-refractivity contribution in [2.24, 2.45) is 0 Å². The third-order valence-electron chi connectivity index (χ3n) is 4.06. The number of benzene rings is 2. The third-order valence-corrected chi connectivity index (χ3v) is 5.22. The predicted molar refractivity (Wildman–Crippen MR) is 97.2 cm³/mol. The van der Waals surface area contributed by atoms with Gasteiger partial charge in [-0.05, 0) is 23.8 Å². The molecule has 0 radical (unpaired) electrons. The molecule has 3 nitrogen and oxygen atoms in total. The molecule has 0 amide bonds. The Balaban J connectivity index is 1.57. The molecule has 0 fully saturated rings. The normalized spacial score (nSPS) is 15.4. The molecule has 25 heavy (non-hydrogen) atoms. The van der Waals surface area contributed by atoms with E-state index in [0.717, 1.165) is 5.56 Å². The summed E-state index contributed by atoms with van der Waals surface area (Å²) in [7, 11) is 0. The molecule has 2 aromatic carbocycles. The van der Waals surface area contributed by atoms with E-state index in [0.29, 0.717) is 28.3 Å². The number of halogens is 1. The first-order valence-corrected chi connectivity index (χ1v) is 8.92. The number of carbonyl (C=O) groups is 1. The monoisotopic (exact) mass is 350 g/mol. The summed E-state index contributed by atoms with van der Waals surface area (Å²) in [6.07, 6.45) is 5.51. The minimum Gasteiger partial charge on any atom is -0.289 e. The van der Waals surface area contributed by atoms with Gasteiger partial charge in [0, 0.05) is 28.6 Å². The molecule has 1 aliphatic heterocycles. The molecule has 2 heterocycles. The molecule has 4 rings (SSSR count). The quantitative estimate of drug-likeness (QED) is 0.655. The molecule has 0 N–H and O–H groups in total. The second-order valence-electron chi connectivity index (χ2n) is 5.86. The first-order chi connectivity index (χ1) is 12.2. The van der Waals surface area contributed by atoms with Gasteiger partial charge in [-0.3, -0.25) is 9.48 Å². The highest BCUT2D eigenvalue weighted by Crippen LogP contribution is 2.35. The number of nitrogens with zero attached hydrogens (tertiary/aromatic N) is 2. The molecule has 3 aromatic rings. The average Bonchev–Trinajstić information content (AvgIpc) is 3.06. The van der Waals surface area contributed by atoms with Crippen LogP contribution in [0.15, 0.2) is 71.4 Å². The second kappa shape index (κ2) is 6.69. The third kappa shape index (κ3) is 3.28. The minimum absolute atomic E-state index is 0.107. The lowest BCUT2D eigenvalue weighted by Crippen LogP contribution is -2.13. The van der Waals surface area contributed by atoms with Crippen LogP contribution in [0.2, 0.25) is 0 Å². The number of rotatable bonds is 3. The average molecular weight is 350 g/mol. The van der Waals surface area contributed by atoms with Crippen molar-refractivity contribution in [1.29, 1.82) is 0 Å². The zero-order chi connectivity index (χ0) is 17.2. The Morgan fingerprint density at radius 1 is 1.16 bits per heavy atom. The fourth-order valence-electron chi connectivity index (χ4n) is 2.84. The summed E-state index contributed by atoms with van der Waals surface area (Å²) in [4.78, 5) is 13.0. The van der Waals surface area contributed by atoms with E-state index >= 15 is 0 Å². The maximum absolute atomic E-state index is 13.8. The Morgan fingerprint density at radius 2 is 2.00 bits per heavy atom. The molecule has 124 valence electrons. The summed E-state index contributed by atoms with van der Waals surface area (Å²) >= 11 is 1.36. The van der Waals surface area contributed by atoms with Crippen molar-refractivity contribution in [3.63, 3.8) is 0 Å². The largest absolute Gasteiger partial charge is 0.289 e. The molecule has 0 unspecified atom stereocenters. The summed E-state index contributed by atoms with van der Waals surface area (Å²) in [5.41, 5.74) is 3.15. The van der Waals surface area contributed by atoms with Crippen LogP contribution in [-0.4, -0.2) is 21.3 Å². The first kappa shape index (κ1) is 15.8. The Morgan fingerprint density at radius 3 is 2.84 bits per heavy atom. The number of ketones is 1. The van der Waals surface area contributed by atoms with Crippen LogP contribution in [0.25, 0.3) is 6.08 Å². The summed E-state index contributed by atoms with van der Waals surface area (Å²) in [6.45, 7) is 0.681.